The molecule has 4 heteroatoms. The number of nitrogens with two attached hydrogens (primary N) is 1. The summed E-state index contributed by atoms with van der Waals surface area (Å²) in [5, 5.41) is 9.52. The lowest BCUT2D eigenvalue weighted by Crippen LogP contribution is -2.17. The predicted molar refractivity (Wildman–Crippen MR) is 70.9 cm³/mol. The number of rotatable bonds is 2. The van der Waals surface area contributed by atoms with Gasteiger partial charge in [-0.15, -0.1) is 0 Å². The van der Waals surface area contributed by atoms with Crippen molar-refractivity contribution in [1.29, 1.82) is 0 Å². The largest absolute Gasteiger partial charge is 0.506 e. The van der Waals surface area contributed by atoms with E-state index in [0.29, 0.717) is 5.75 Å². The zero-order chi connectivity index (χ0) is 10.0. The molecular weight excluding hydrogens is 392 g/mol. The van der Waals surface area contributed by atoms with Gasteiger partial charge < -0.3 is 10.8 Å². The first-order valence-corrected chi connectivity index (χ1v) is 6.09. The van der Waals surface area contributed by atoms with Gasteiger partial charge in [0.1, 0.15) is 5.75 Å². The summed E-state index contributed by atoms with van der Waals surface area (Å²) in [6.45, 7) is 1.98. The van der Waals surface area contributed by atoms with E-state index in [4.69, 9.17) is 5.73 Å². The average Bonchev–Trinajstić information content (AvgIpc) is 1.98. The van der Waals surface area contributed by atoms with Gasteiger partial charge in [-0.3, -0.25) is 0 Å². The van der Waals surface area contributed by atoms with Crippen molar-refractivity contribution in [3.05, 3.63) is 24.8 Å². The Balaban J connectivity index is 2.99. The number of hydrogen-bond acceptors (Lipinski definition) is 2. The van der Waals surface area contributed by atoms with E-state index in [9.17, 15) is 5.11 Å². The molecule has 0 fully saturated rings. The molecule has 0 unspecified atom stereocenters. The highest BCUT2D eigenvalue weighted by molar-refractivity contribution is 14.1. The third kappa shape index (κ3) is 3.25. The monoisotopic (exact) mass is 403 g/mol. The van der Waals surface area contributed by atoms with Crippen LogP contribution in [0.5, 0.6) is 5.75 Å². The van der Waals surface area contributed by atoms with Crippen LogP contribution in [0.2, 0.25) is 0 Å². The van der Waals surface area contributed by atoms with Crippen LogP contribution in [0.25, 0.3) is 0 Å². The van der Waals surface area contributed by atoms with Crippen molar-refractivity contribution < 1.29 is 5.11 Å². The first-order chi connectivity index (χ1) is 6.00. The minimum Gasteiger partial charge on any atom is -0.506 e. The van der Waals surface area contributed by atoms with Crippen LogP contribution in [-0.2, 0) is 6.42 Å². The van der Waals surface area contributed by atoms with Gasteiger partial charge in [0.05, 0.1) is 7.14 Å². The maximum atomic E-state index is 9.52. The molecule has 13 heavy (non-hydrogen) atoms. The van der Waals surface area contributed by atoms with Gasteiger partial charge in [-0.25, -0.2) is 0 Å². The topological polar surface area (TPSA) is 46.2 Å². The summed E-state index contributed by atoms with van der Waals surface area (Å²) >= 11 is 4.25. The lowest BCUT2D eigenvalue weighted by Gasteiger charge is -2.08. The van der Waals surface area contributed by atoms with Gasteiger partial charge in [-0.05, 0) is 76.2 Å². The number of hydrogen-bond donors (Lipinski definition) is 2. The average molecular weight is 403 g/mol. The maximum Gasteiger partial charge on any atom is 0.142 e. The van der Waals surface area contributed by atoms with Crippen molar-refractivity contribution in [1.82, 2.24) is 0 Å². The van der Waals surface area contributed by atoms with Crippen molar-refractivity contribution in [2.24, 2.45) is 5.73 Å². The molecule has 1 aromatic rings. The van der Waals surface area contributed by atoms with Gasteiger partial charge in [0.25, 0.3) is 0 Å². The third-order valence-electron chi connectivity index (χ3n) is 1.63. The molecule has 0 bridgehead atoms. The lowest BCUT2D eigenvalue weighted by molar-refractivity contribution is 0.467. The Kier molecular flexibility index (Phi) is 4.24. The van der Waals surface area contributed by atoms with E-state index in [1.807, 2.05) is 19.1 Å². The molecule has 0 amide bonds. The SMILES string of the molecule is C[C@H](N)Cc1cc(I)c(O)c(I)c1. The number of benzene rings is 1. The fourth-order valence-electron chi connectivity index (χ4n) is 1.11. The summed E-state index contributed by atoms with van der Waals surface area (Å²) in [6.07, 6.45) is 0.853. The number of phenolic OH excluding ortho intramolecular Hbond substituents is 1. The number of aromatic hydroxyl groups is 1. The molecule has 0 saturated heterocycles. The second-order valence-electron chi connectivity index (χ2n) is 3.09. The molecule has 2 nitrogen and oxygen atoms in total. The Labute approximate surface area is 105 Å². The Morgan fingerprint density at radius 1 is 1.38 bits per heavy atom. The summed E-state index contributed by atoms with van der Waals surface area (Å²) in [5.74, 6) is 0.370. The van der Waals surface area contributed by atoms with Gasteiger partial charge in [-0.1, -0.05) is 0 Å². The molecule has 0 aliphatic heterocycles. The highest BCUT2D eigenvalue weighted by Gasteiger charge is 2.06. The number of halogens is 2. The molecule has 72 valence electrons. The first kappa shape index (κ1) is 11.5. The molecule has 1 atom stereocenters. The summed E-state index contributed by atoms with van der Waals surface area (Å²) < 4.78 is 1.78. The van der Waals surface area contributed by atoms with Crippen molar-refractivity contribution >= 4 is 45.2 Å². The molecular formula is C9H11I2NO. The van der Waals surface area contributed by atoms with Crippen LogP contribution in [-0.4, -0.2) is 11.1 Å². The second kappa shape index (κ2) is 4.79. The van der Waals surface area contributed by atoms with Gasteiger partial charge in [0.2, 0.25) is 0 Å². The summed E-state index contributed by atoms with van der Waals surface area (Å²) in [4.78, 5) is 0. The molecule has 0 saturated carbocycles. The summed E-state index contributed by atoms with van der Waals surface area (Å²) in [7, 11) is 0. The molecule has 0 aliphatic carbocycles. The van der Waals surface area contributed by atoms with E-state index in [0.717, 1.165) is 13.6 Å². The normalized spacial score (nSPS) is 12.9. The van der Waals surface area contributed by atoms with E-state index in [2.05, 4.69) is 45.2 Å². The zero-order valence-electron chi connectivity index (χ0n) is 7.22. The molecule has 0 aliphatic rings. The molecule has 3 N–H and O–H groups in total. The molecule has 0 aromatic heterocycles. The summed E-state index contributed by atoms with van der Waals surface area (Å²) in [5.41, 5.74) is 6.88. The van der Waals surface area contributed by atoms with Gasteiger partial charge in [0.15, 0.2) is 0 Å². The molecule has 1 aromatic carbocycles. The lowest BCUT2D eigenvalue weighted by atomic mass is 10.1. The molecule has 0 radical (unpaired) electrons. The maximum absolute atomic E-state index is 9.52. The zero-order valence-corrected chi connectivity index (χ0v) is 11.5. The Morgan fingerprint density at radius 2 is 1.85 bits per heavy atom. The van der Waals surface area contributed by atoms with Crippen LogP contribution in [0.1, 0.15) is 12.5 Å². The second-order valence-corrected chi connectivity index (χ2v) is 5.41. The fourth-order valence-corrected chi connectivity index (χ4v) is 3.00. The Morgan fingerprint density at radius 3 is 2.23 bits per heavy atom. The summed E-state index contributed by atoms with van der Waals surface area (Å²) in [6, 6.07) is 4.11. The van der Waals surface area contributed by atoms with E-state index >= 15 is 0 Å². The minimum atomic E-state index is 0.163. The van der Waals surface area contributed by atoms with Gasteiger partial charge in [0, 0.05) is 6.04 Å². The highest BCUT2D eigenvalue weighted by Crippen LogP contribution is 2.27. The quantitative estimate of drug-likeness (QED) is 0.746. The van der Waals surface area contributed by atoms with E-state index in [-0.39, 0.29) is 6.04 Å². The highest BCUT2D eigenvalue weighted by atomic mass is 127. The Bertz CT molecular complexity index is 289. The minimum absolute atomic E-state index is 0.163. The van der Waals surface area contributed by atoms with E-state index < -0.39 is 0 Å². The van der Waals surface area contributed by atoms with Crippen LogP contribution in [0, 0.1) is 7.14 Å². The number of phenols is 1. The fraction of sp³-hybridized carbons (Fsp3) is 0.333. The van der Waals surface area contributed by atoms with Crippen molar-refractivity contribution in [3.8, 4) is 5.75 Å². The van der Waals surface area contributed by atoms with Crippen LogP contribution >= 0.6 is 45.2 Å². The van der Waals surface area contributed by atoms with Crippen LogP contribution in [0.3, 0.4) is 0 Å². The van der Waals surface area contributed by atoms with Crippen molar-refractivity contribution in [3.63, 3.8) is 0 Å². The predicted octanol–water partition coefficient (Wildman–Crippen LogP) is 2.49. The Hall–Kier alpha value is 0.440. The van der Waals surface area contributed by atoms with Gasteiger partial charge >= 0.3 is 0 Å². The van der Waals surface area contributed by atoms with Crippen LogP contribution in [0.4, 0.5) is 0 Å². The van der Waals surface area contributed by atoms with Crippen molar-refractivity contribution in [2.75, 3.05) is 0 Å². The standard InChI is InChI=1S/C9H11I2NO/c1-5(12)2-6-3-7(10)9(13)8(11)4-6/h3-5,13H,2,12H2,1H3/t5-/m0/s1. The molecule has 0 spiro atoms. The van der Waals surface area contributed by atoms with Crippen LogP contribution < -0.4 is 5.73 Å². The van der Waals surface area contributed by atoms with Gasteiger partial charge in [-0.2, -0.15) is 0 Å². The third-order valence-corrected chi connectivity index (χ3v) is 3.28. The van der Waals surface area contributed by atoms with Crippen LogP contribution in [0.15, 0.2) is 12.1 Å². The van der Waals surface area contributed by atoms with Crippen molar-refractivity contribution in [2.45, 2.75) is 19.4 Å². The van der Waals surface area contributed by atoms with E-state index in [1.54, 1.807) is 0 Å². The first-order valence-electron chi connectivity index (χ1n) is 3.93. The smallest absolute Gasteiger partial charge is 0.142 e. The van der Waals surface area contributed by atoms with E-state index in [1.165, 1.54) is 5.56 Å². The molecule has 1 rings (SSSR count). The molecule has 0 heterocycles.